The van der Waals surface area contributed by atoms with Gasteiger partial charge in [-0.05, 0) is 43.9 Å². The van der Waals surface area contributed by atoms with Crippen LogP contribution in [0.1, 0.15) is 67.0 Å². The smallest absolute Gasteiger partial charge is 0.410 e. The van der Waals surface area contributed by atoms with Gasteiger partial charge < -0.3 is 14.6 Å². The summed E-state index contributed by atoms with van der Waals surface area (Å²) in [4.78, 5) is 14.7. The lowest BCUT2D eigenvalue weighted by molar-refractivity contribution is -0.138. The van der Waals surface area contributed by atoms with E-state index >= 15 is 0 Å². The number of rotatable bonds is 2. The van der Waals surface area contributed by atoms with Gasteiger partial charge in [0.1, 0.15) is 17.0 Å². The molecule has 0 aliphatic carbocycles. The van der Waals surface area contributed by atoms with Gasteiger partial charge in [0.05, 0.1) is 13.2 Å². The number of benzene rings is 1. The molecule has 0 spiro atoms. The number of aliphatic hydroxyl groups is 1. The first-order valence-electron chi connectivity index (χ1n) is 9.50. The summed E-state index contributed by atoms with van der Waals surface area (Å²) in [5.41, 5.74) is -1.87. The maximum absolute atomic E-state index is 13.0. The summed E-state index contributed by atoms with van der Waals surface area (Å²) in [6, 6.07) is 7.03. The van der Waals surface area contributed by atoms with Crippen LogP contribution in [0.15, 0.2) is 24.3 Å². The molecule has 5 nitrogen and oxygen atoms in total. The van der Waals surface area contributed by atoms with Crippen molar-refractivity contribution in [1.29, 1.82) is 0 Å². The lowest BCUT2D eigenvalue weighted by Gasteiger charge is -2.49. The van der Waals surface area contributed by atoms with Crippen molar-refractivity contribution >= 4 is 6.09 Å². The van der Waals surface area contributed by atoms with Crippen LogP contribution in [0.4, 0.5) is 4.79 Å². The Bertz CT molecular complexity index is 682. The van der Waals surface area contributed by atoms with E-state index in [1.54, 1.807) is 12.0 Å². The molecule has 2 atom stereocenters. The van der Waals surface area contributed by atoms with Crippen molar-refractivity contribution in [3.8, 4) is 5.75 Å². The molecule has 152 valence electrons. The normalized spacial score (nSPS) is 25.4. The Hall–Kier alpha value is -1.75. The Kier molecular flexibility index (Phi) is 5.34. The quantitative estimate of drug-likeness (QED) is 0.805. The van der Waals surface area contributed by atoms with E-state index in [4.69, 9.17) is 9.47 Å². The van der Waals surface area contributed by atoms with Crippen molar-refractivity contribution in [3.05, 3.63) is 29.8 Å². The first kappa shape index (κ1) is 21.5. The van der Waals surface area contributed by atoms with Crippen molar-refractivity contribution in [2.75, 3.05) is 13.7 Å². The monoisotopic (exact) mass is 377 g/mol. The van der Waals surface area contributed by atoms with Gasteiger partial charge >= 0.3 is 6.09 Å². The van der Waals surface area contributed by atoms with Gasteiger partial charge in [0.2, 0.25) is 0 Å². The first-order valence-corrected chi connectivity index (χ1v) is 9.50. The highest BCUT2D eigenvalue weighted by atomic mass is 16.6. The number of amides is 1. The fourth-order valence-electron chi connectivity index (χ4n) is 4.36. The van der Waals surface area contributed by atoms with E-state index in [0.29, 0.717) is 6.54 Å². The fourth-order valence-corrected chi connectivity index (χ4v) is 4.36. The molecule has 0 bridgehead atoms. The van der Waals surface area contributed by atoms with E-state index in [2.05, 4.69) is 0 Å². The minimum absolute atomic E-state index is 0.406. The molecule has 1 fully saturated rings. The van der Waals surface area contributed by atoms with E-state index in [9.17, 15) is 9.90 Å². The van der Waals surface area contributed by atoms with E-state index < -0.39 is 34.2 Å². The summed E-state index contributed by atoms with van der Waals surface area (Å²) in [5.74, 6) is 0.735. The van der Waals surface area contributed by atoms with Crippen LogP contribution in [0.3, 0.4) is 0 Å². The highest BCUT2D eigenvalue weighted by Crippen LogP contribution is 2.58. The Morgan fingerprint density at radius 3 is 2.04 bits per heavy atom. The fraction of sp³-hybridized carbons (Fsp3) is 0.682. The van der Waals surface area contributed by atoms with E-state index in [1.165, 1.54) is 0 Å². The average molecular weight is 378 g/mol. The lowest BCUT2D eigenvalue weighted by Crippen LogP contribution is -2.55. The number of methoxy groups -OCH3 is 1. The Balaban J connectivity index is 2.60. The SMILES string of the molecule is COc1ccc([C@@H]2N(C(=O)OC(C)(C)C)CC(C)(C)[C@]2(O)C(C)(C)C)cc1. The zero-order valence-electron chi connectivity index (χ0n) is 18.2. The molecule has 1 aliphatic rings. The van der Waals surface area contributed by atoms with Crippen LogP contribution in [0, 0.1) is 10.8 Å². The van der Waals surface area contributed by atoms with Gasteiger partial charge in [0, 0.05) is 12.0 Å². The molecule has 1 aromatic rings. The third kappa shape index (κ3) is 3.79. The van der Waals surface area contributed by atoms with Gasteiger partial charge in [-0.3, -0.25) is 4.90 Å². The third-order valence-electron chi connectivity index (χ3n) is 5.51. The molecule has 1 saturated heterocycles. The number of carbonyl (C=O) groups excluding carboxylic acids is 1. The zero-order valence-corrected chi connectivity index (χ0v) is 18.2. The number of likely N-dealkylation sites (tertiary alicyclic amines) is 1. The van der Waals surface area contributed by atoms with Gasteiger partial charge in [-0.2, -0.15) is 0 Å². The van der Waals surface area contributed by atoms with E-state index in [0.717, 1.165) is 11.3 Å². The molecule has 1 N–H and O–H groups in total. The van der Waals surface area contributed by atoms with Crippen LogP contribution in [0.2, 0.25) is 0 Å². The highest BCUT2D eigenvalue weighted by molar-refractivity contribution is 5.70. The van der Waals surface area contributed by atoms with Crippen molar-refractivity contribution in [2.24, 2.45) is 10.8 Å². The van der Waals surface area contributed by atoms with E-state index in [1.807, 2.05) is 79.7 Å². The zero-order chi connectivity index (χ0) is 20.8. The van der Waals surface area contributed by atoms with Crippen LogP contribution in [-0.2, 0) is 4.74 Å². The molecule has 27 heavy (non-hydrogen) atoms. The first-order chi connectivity index (χ1) is 12.1. The minimum atomic E-state index is -1.15. The molecule has 0 unspecified atom stereocenters. The number of carbonyl (C=O) groups is 1. The Morgan fingerprint density at radius 2 is 1.63 bits per heavy atom. The molecular weight excluding hydrogens is 342 g/mol. The predicted molar refractivity (Wildman–Crippen MR) is 107 cm³/mol. The molecule has 2 rings (SSSR count). The largest absolute Gasteiger partial charge is 0.497 e. The van der Waals surface area contributed by atoms with Crippen LogP contribution in [0.5, 0.6) is 5.75 Å². The second-order valence-corrected chi connectivity index (χ2v) is 10.2. The minimum Gasteiger partial charge on any atom is -0.497 e. The molecule has 0 aromatic heterocycles. The number of nitrogens with zero attached hydrogens (tertiary/aromatic N) is 1. The van der Waals surface area contributed by atoms with Gasteiger partial charge in [0.15, 0.2) is 0 Å². The van der Waals surface area contributed by atoms with Crippen LogP contribution >= 0.6 is 0 Å². The molecule has 0 saturated carbocycles. The van der Waals surface area contributed by atoms with Gasteiger partial charge in [-0.1, -0.05) is 46.8 Å². The molecule has 1 aromatic carbocycles. The molecular formula is C22H35NO4. The van der Waals surface area contributed by atoms with Gasteiger partial charge in [0.25, 0.3) is 0 Å². The maximum Gasteiger partial charge on any atom is 0.410 e. The van der Waals surface area contributed by atoms with Crippen molar-refractivity contribution in [3.63, 3.8) is 0 Å². The average Bonchev–Trinajstić information content (AvgIpc) is 2.74. The summed E-state index contributed by atoms with van der Waals surface area (Å²) in [5, 5.41) is 12.0. The number of ether oxygens (including phenoxy) is 2. The van der Waals surface area contributed by atoms with Gasteiger partial charge in [-0.25, -0.2) is 4.79 Å². The van der Waals surface area contributed by atoms with E-state index in [-0.39, 0.29) is 0 Å². The van der Waals surface area contributed by atoms with Crippen LogP contribution in [0.25, 0.3) is 0 Å². The van der Waals surface area contributed by atoms with Gasteiger partial charge in [-0.15, -0.1) is 0 Å². The second kappa shape index (κ2) is 6.69. The molecule has 1 aliphatic heterocycles. The molecule has 1 heterocycles. The van der Waals surface area contributed by atoms with Crippen molar-refractivity contribution < 1.29 is 19.4 Å². The van der Waals surface area contributed by atoms with Crippen LogP contribution < -0.4 is 4.74 Å². The summed E-state index contributed by atoms with van der Waals surface area (Å²) >= 11 is 0. The molecule has 1 amide bonds. The standard InChI is InChI=1S/C22H35NO4/c1-19(2,3)22(25)17(15-10-12-16(26-9)13-11-15)23(14-21(22,7)8)18(24)27-20(4,5)6/h10-13,17,25H,14H2,1-9H3/t17-,22+/m0/s1. The summed E-state index contributed by atoms with van der Waals surface area (Å²) in [6.45, 7) is 16.0. The van der Waals surface area contributed by atoms with Crippen molar-refractivity contribution in [1.82, 2.24) is 4.90 Å². The second-order valence-electron chi connectivity index (χ2n) is 10.2. The third-order valence-corrected chi connectivity index (χ3v) is 5.51. The number of hydrogen-bond acceptors (Lipinski definition) is 4. The number of hydrogen-bond donors (Lipinski definition) is 1. The topological polar surface area (TPSA) is 59.0 Å². The molecule has 0 radical (unpaired) electrons. The van der Waals surface area contributed by atoms with Crippen molar-refractivity contribution in [2.45, 2.75) is 72.6 Å². The van der Waals surface area contributed by atoms with Crippen LogP contribution in [-0.4, -0.2) is 41.0 Å². The summed E-state index contributed by atoms with van der Waals surface area (Å²) in [6.07, 6.45) is -0.406. The lowest BCUT2D eigenvalue weighted by atomic mass is 9.60. The molecule has 5 heteroatoms. The Labute approximate surface area is 163 Å². The Morgan fingerprint density at radius 1 is 1.11 bits per heavy atom. The maximum atomic E-state index is 13.0. The highest BCUT2D eigenvalue weighted by Gasteiger charge is 2.65. The summed E-state index contributed by atoms with van der Waals surface area (Å²) in [7, 11) is 1.62. The predicted octanol–water partition coefficient (Wildman–Crippen LogP) is 4.79. The summed E-state index contributed by atoms with van der Waals surface area (Å²) < 4.78 is 10.9.